The van der Waals surface area contributed by atoms with Crippen molar-refractivity contribution in [2.45, 2.75) is 76.7 Å². The summed E-state index contributed by atoms with van der Waals surface area (Å²) in [4.78, 5) is 29.7. The van der Waals surface area contributed by atoms with Crippen LogP contribution in [0.3, 0.4) is 0 Å². The maximum atomic E-state index is 13.0. The number of nitrogens with zero attached hydrogens (tertiary/aromatic N) is 2. The average Bonchev–Trinajstić information content (AvgIpc) is 3.24. The van der Waals surface area contributed by atoms with Crippen LogP contribution < -0.4 is 10.6 Å². The van der Waals surface area contributed by atoms with Gasteiger partial charge in [0.1, 0.15) is 11.4 Å². The van der Waals surface area contributed by atoms with Crippen LogP contribution in [0.2, 0.25) is 0 Å². The van der Waals surface area contributed by atoms with Crippen LogP contribution in [0.1, 0.15) is 70.6 Å². The van der Waals surface area contributed by atoms with Crippen molar-refractivity contribution < 1.29 is 18.5 Å². The van der Waals surface area contributed by atoms with E-state index in [1.807, 2.05) is 0 Å². The number of rotatable bonds is 10. The molecule has 2 N–H and O–H groups in total. The highest BCUT2D eigenvalue weighted by molar-refractivity contribution is 5.91. The summed E-state index contributed by atoms with van der Waals surface area (Å²) in [7, 11) is 0. The van der Waals surface area contributed by atoms with Gasteiger partial charge in [-0.1, -0.05) is 37.8 Å². The second-order valence-electron chi connectivity index (χ2n) is 8.17. The number of carbonyl (C=O) groups is 2. The van der Waals surface area contributed by atoms with Crippen LogP contribution >= 0.6 is 0 Å². The number of halogens is 1. The Labute approximate surface area is 182 Å². The van der Waals surface area contributed by atoms with Gasteiger partial charge in [0.15, 0.2) is 0 Å². The molecule has 8 heteroatoms. The van der Waals surface area contributed by atoms with E-state index in [0.717, 1.165) is 32.1 Å². The molecule has 1 aliphatic carbocycles. The maximum absolute atomic E-state index is 13.0. The highest BCUT2D eigenvalue weighted by Gasteiger charge is 2.40. The number of nitrogens with one attached hydrogen (secondary N) is 2. The Morgan fingerprint density at radius 1 is 1.13 bits per heavy atom. The van der Waals surface area contributed by atoms with Crippen molar-refractivity contribution >= 4 is 11.8 Å². The smallest absolute Gasteiger partial charge is 0.245 e. The van der Waals surface area contributed by atoms with E-state index < -0.39 is 5.54 Å². The number of amides is 2. The number of carbonyl (C=O) groups excluding carboxylic acids is 2. The first-order valence-corrected chi connectivity index (χ1v) is 11.2. The molecule has 2 aromatic rings. The minimum absolute atomic E-state index is 0.0603. The van der Waals surface area contributed by atoms with Gasteiger partial charge in [-0.05, 0) is 49.9 Å². The first-order valence-electron chi connectivity index (χ1n) is 11.2. The Kier molecular flexibility index (Phi) is 8.14. The molecule has 1 saturated carbocycles. The van der Waals surface area contributed by atoms with E-state index in [1.165, 1.54) is 12.1 Å². The topological polar surface area (TPSA) is 97.1 Å². The minimum atomic E-state index is -0.788. The van der Waals surface area contributed by atoms with Gasteiger partial charge in [-0.25, -0.2) is 4.39 Å². The molecule has 0 unspecified atom stereocenters. The molecule has 0 aliphatic heterocycles. The van der Waals surface area contributed by atoms with E-state index >= 15 is 0 Å². The van der Waals surface area contributed by atoms with Crippen molar-refractivity contribution in [3.63, 3.8) is 0 Å². The first-order chi connectivity index (χ1) is 15.0. The molecule has 1 fully saturated rings. The zero-order valence-electron chi connectivity index (χ0n) is 18.1. The van der Waals surface area contributed by atoms with E-state index in [2.05, 4.69) is 27.7 Å². The molecule has 168 valence electrons. The van der Waals surface area contributed by atoms with Gasteiger partial charge >= 0.3 is 0 Å². The second kappa shape index (κ2) is 11.0. The highest BCUT2D eigenvalue weighted by atomic mass is 19.1. The fourth-order valence-corrected chi connectivity index (χ4v) is 3.91. The lowest BCUT2D eigenvalue weighted by Gasteiger charge is -2.36. The monoisotopic (exact) mass is 430 g/mol. The van der Waals surface area contributed by atoms with E-state index in [0.29, 0.717) is 49.5 Å². The van der Waals surface area contributed by atoms with Crippen LogP contribution in [0.25, 0.3) is 11.4 Å². The lowest BCUT2D eigenvalue weighted by Crippen LogP contribution is -2.59. The summed E-state index contributed by atoms with van der Waals surface area (Å²) in [6.45, 7) is 2.72. The predicted octanol–water partition coefficient (Wildman–Crippen LogP) is 3.93. The number of benzene rings is 1. The molecule has 1 aromatic carbocycles. The molecule has 1 heterocycles. The highest BCUT2D eigenvalue weighted by Crippen LogP contribution is 2.29. The fraction of sp³-hybridized carbons (Fsp3) is 0.565. The van der Waals surface area contributed by atoms with Crippen molar-refractivity contribution in [3.8, 4) is 11.4 Å². The predicted molar refractivity (Wildman–Crippen MR) is 115 cm³/mol. The summed E-state index contributed by atoms with van der Waals surface area (Å²) in [6, 6.07) is 5.86. The van der Waals surface area contributed by atoms with Crippen molar-refractivity contribution in [2.75, 3.05) is 6.54 Å². The number of aryl methyl sites for hydroxylation is 1. The molecular formula is C23H31FN4O3. The standard InChI is InChI=1S/C23H31FN4O3/c1-2-3-16-25-22(30)23(14-5-4-6-15-23)27-19(29)8-7-9-20-26-21(28-31-20)17-10-12-18(24)13-11-17/h10-13H,2-9,14-16H2,1H3,(H,25,30)(H,27,29). The van der Waals surface area contributed by atoms with Crippen LogP contribution in [-0.4, -0.2) is 34.0 Å². The van der Waals surface area contributed by atoms with Crippen LogP contribution in [0.15, 0.2) is 28.8 Å². The molecule has 2 amide bonds. The summed E-state index contributed by atoms with van der Waals surface area (Å²) in [6.07, 6.45) is 7.54. The fourth-order valence-electron chi connectivity index (χ4n) is 3.91. The normalized spacial score (nSPS) is 15.4. The second-order valence-corrected chi connectivity index (χ2v) is 8.17. The van der Waals surface area contributed by atoms with E-state index in [-0.39, 0.29) is 24.1 Å². The quantitative estimate of drug-likeness (QED) is 0.557. The Hall–Kier alpha value is -2.77. The van der Waals surface area contributed by atoms with Gasteiger partial charge in [0, 0.05) is 24.9 Å². The van der Waals surface area contributed by atoms with Gasteiger partial charge in [0.25, 0.3) is 0 Å². The lowest BCUT2D eigenvalue weighted by molar-refractivity contribution is -0.135. The molecule has 31 heavy (non-hydrogen) atoms. The van der Waals surface area contributed by atoms with Crippen molar-refractivity contribution in [3.05, 3.63) is 36.0 Å². The Morgan fingerprint density at radius 3 is 2.58 bits per heavy atom. The minimum Gasteiger partial charge on any atom is -0.354 e. The lowest BCUT2D eigenvalue weighted by atomic mass is 9.80. The zero-order valence-corrected chi connectivity index (χ0v) is 18.1. The van der Waals surface area contributed by atoms with Crippen molar-refractivity contribution in [1.82, 2.24) is 20.8 Å². The number of aromatic nitrogens is 2. The van der Waals surface area contributed by atoms with Crippen LogP contribution in [0.5, 0.6) is 0 Å². The van der Waals surface area contributed by atoms with Gasteiger partial charge in [-0.2, -0.15) is 4.98 Å². The van der Waals surface area contributed by atoms with Crippen molar-refractivity contribution in [2.24, 2.45) is 0 Å². The van der Waals surface area contributed by atoms with E-state index in [9.17, 15) is 14.0 Å². The molecule has 3 rings (SSSR count). The molecular weight excluding hydrogens is 399 g/mol. The van der Waals surface area contributed by atoms with Crippen LogP contribution in [0.4, 0.5) is 4.39 Å². The van der Waals surface area contributed by atoms with E-state index in [4.69, 9.17) is 4.52 Å². The molecule has 7 nitrogen and oxygen atoms in total. The van der Waals surface area contributed by atoms with Gasteiger partial charge in [-0.15, -0.1) is 0 Å². The summed E-state index contributed by atoms with van der Waals surface area (Å²) in [5.74, 6) is 0.301. The third-order valence-electron chi connectivity index (χ3n) is 5.70. The van der Waals surface area contributed by atoms with Crippen LogP contribution in [-0.2, 0) is 16.0 Å². The summed E-state index contributed by atoms with van der Waals surface area (Å²) in [5, 5.41) is 9.94. The number of hydrogen-bond acceptors (Lipinski definition) is 5. The molecule has 0 radical (unpaired) electrons. The largest absolute Gasteiger partial charge is 0.354 e. The molecule has 0 bridgehead atoms. The molecule has 1 aromatic heterocycles. The summed E-state index contributed by atoms with van der Waals surface area (Å²) in [5.41, 5.74) is -0.119. The Balaban J connectivity index is 1.50. The van der Waals surface area contributed by atoms with Gasteiger partial charge in [0.05, 0.1) is 0 Å². The van der Waals surface area contributed by atoms with Gasteiger partial charge in [0.2, 0.25) is 23.5 Å². The third kappa shape index (κ3) is 6.35. The summed E-state index contributed by atoms with van der Waals surface area (Å²) < 4.78 is 18.3. The molecule has 1 aliphatic rings. The van der Waals surface area contributed by atoms with Crippen LogP contribution in [0, 0.1) is 5.82 Å². The van der Waals surface area contributed by atoms with Crippen molar-refractivity contribution in [1.29, 1.82) is 0 Å². The molecule has 0 atom stereocenters. The van der Waals surface area contributed by atoms with Gasteiger partial charge in [-0.3, -0.25) is 9.59 Å². The third-order valence-corrected chi connectivity index (χ3v) is 5.70. The Bertz CT molecular complexity index is 860. The maximum Gasteiger partial charge on any atom is 0.245 e. The van der Waals surface area contributed by atoms with E-state index in [1.54, 1.807) is 12.1 Å². The zero-order chi connectivity index (χ0) is 22.1. The molecule has 0 spiro atoms. The summed E-state index contributed by atoms with van der Waals surface area (Å²) >= 11 is 0. The molecule has 0 saturated heterocycles. The first kappa shape index (κ1) is 22.9. The SMILES string of the molecule is CCCCNC(=O)C1(NC(=O)CCCc2nc(-c3ccc(F)cc3)no2)CCCCC1. The number of hydrogen-bond donors (Lipinski definition) is 2. The average molecular weight is 431 g/mol. The Morgan fingerprint density at radius 2 is 1.87 bits per heavy atom. The van der Waals surface area contributed by atoms with Gasteiger partial charge < -0.3 is 15.2 Å². The number of unbranched alkanes of at least 4 members (excludes halogenated alkanes) is 1.